The van der Waals surface area contributed by atoms with Crippen molar-refractivity contribution in [2.45, 2.75) is 76.7 Å². The number of oxazole rings is 1. The Hall–Kier alpha value is -1.84. The number of hydrogen-bond acceptors (Lipinski definition) is 3. The third-order valence-electron chi connectivity index (χ3n) is 5.03. The average molecular weight is 328 g/mol. The minimum Gasteiger partial charge on any atom is -0.443 e. The highest BCUT2D eigenvalue weighted by atomic mass is 16.3. The lowest BCUT2D eigenvalue weighted by Gasteiger charge is -2.19. The molecule has 1 N–H and O–H groups in total. The van der Waals surface area contributed by atoms with Crippen molar-refractivity contribution >= 4 is 17.0 Å². The molecule has 0 unspecified atom stereocenters. The highest BCUT2D eigenvalue weighted by Crippen LogP contribution is 2.18. The number of fused-ring (bicyclic) bond motifs is 1. The van der Waals surface area contributed by atoms with Gasteiger partial charge in [0.15, 0.2) is 12.0 Å². The van der Waals surface area contributed by atoms with Crippen LogP contribution in [0.25, 0.3) is 11.1 Å². The summed E-state index contributed by atoms with van der Waals surface area (Å²) in [7, 11) is 0. The van der Waals surface area contributed by atoms with Crippen molar-refractivity contribution in [2.75, 3.05) is 0 Å². The lowest BCUT2D eigenvalue weighted by molar-refractivity contribution is 0.0931. The van der Waals surface area contributed by atoms with E-state index in [2.05, 4.69) is 10.3 Å². The van der Waals surface area contributed by atoms with E-state index in [4.69, 9.17) is 4.42 Å². The van der Waals surface area contributed by atoms with E-state index in [1.807, 2.05) is 18.2 Å². The molecule has 1 aromatic carbocycles. The van der Waals surface area contributed by atoms with Gasteiger partial charge in [0.05, 0.1) is 0 Å². The van der Waals surface area contributed by atoms with Crippen LogP contribution in [0.4, 0.5) is 0 Å². The molecular weight excluding hydrogens is 300 g/mol. The van der Waals surface area contributed by atoms with Gasteiger partial charge in [-0.05, 0) is 31.0 Å². The quantitative estimate of drug-likeness (QED) is 0.821. The molecule has 0 saturated heterocycles. The van der Waals surface area contributed by atoms with Gasteiger partial charge in [0.2, 0.25) is 0 Å². The maximum absolute atomic E-state index is 12.6. The van der Waals surface area contributed by atoms with Gasteiger partial charge in [0.1, 0.15) is 5.52 Å². The van der Waals surface area contributed by atoms with Crippen LogP contribution < -0.4 is 5.32 Å². The minimum atomic E-state index is 0.0111. The van der Waals surface area contributed by atoms with Gasteiger partial charge in [-0.3, -0.25) is 4.79 Å². The van der Waals surface area contributed by atoms with Crippen molar-refractivity contribution in [3.8, 4) is 0 Å². The fourth-order valence-corrected chi connectivity index (χ4v) is 3.58. The monoisotopic (exact) mass is 328 g/mol. The zero-order valence-electron chi connectivity index (χ0n) is 14.4. The summed E-state index contributed by atoms with van der Waals surface area (Å²) in [6.45, 7) is 0. The first kappa shape index (κ1) is 17.0. The number of nitrogens with one attached hydrogen (secondary N) is 1. The number of amides is 1. The zero-order chi connectivity index (χ0) is 16.6. The van der Waals surface area contributed by atoms with Crippen LogP contribution >= 0.6 is 0 Å². The van der Waals surface area contributed by atoms with E-state index in [0.29, 0.717) is 11.6 Å². The third-order valence-corrected chi connectivity index (χ3v) is 5.03. The highest BCUT2D eigenvalue weighted by molar-refractivity contribution is 5.97. The molecule has 2 aromatic rings. The van der Waals surface area contributed by atoms with E-state index in [0.717, 1.165) is 23.9 Å². The first-order valence-electron chi connectivity index (χ1n) is 9.47. The summed E-state index contributed by atoms with van der Waals surface area (Å²) >= 11 is 0. The topological polar surface area (TPSA) is 55.1 Å². The number of nitrogens with zero attached hydrogens (tertiary/aromatic N) is 1. The van der Waals surface area contributed by atoms with Crippen LogP contribution in [0.5, 0.6) is 0 Å². The van der Waals surface area contributed by atoms with Crippen LogP contribution in [0, 0.1) is 0 Å². The molecule has 4 heteroatoms. The van der Waals surface area contributed by atoms with Gasteiger partial charge in [-0.1, -0.05) is 57.8 Å². The molecule has 0 spiro atoms. The van der Waals surface area contributed by atoms with Gasteiger partial charge in [-0.2, -0.15) is 0 Å². The molecule has 1 aromatic heterocycles. The Kier molecular flexibility index (Phi) is 6.27. The van der Waals surface area contributed by atoms with Gasteiger partial charge in [-0.25, -0.2) is 4.98 Å². The molecule has 0 radical (unpaired) electrons. The van der Waals surface area contributed by atoms with Crippen LogP contribution in [-0.4, -0.2) is 16.9 Å². The maximum Gasteiger partial charge on any atom is 0.251 e. The van der Waals surface area contributed by atoms with Crippen LogP contribution in [0.1, 0.15) is 81.0 Å². The number of carbonyl (C=O) groups is 1. The first-order chi connectivity index (χ1) is 11.8. The van der Waals surface area contributed by atoms with Crippen molar-refractivity contribution in [2.24, 2.45) is 0 Å². The lowest BCUT2D eigenvalue weighted by atomic mass is 9.97. The van der Waals surface area contributed by atoms with E-state index < -0.39 is 0 Å². The molecule has 1 aliphatic rings. The van der Waals surface area contributed by atoms with Gasteiger partial charge >= 0.3 is 0 Å². The zero-order valence-corrected chi connectivity index (χ0v) is 14.4. The van der Waals surface area contributed by atoms with Gasteiger partial charge in [-0.15, -0.1) is 0 Å². The summed E-state index contributed by atoms with van der Waals surface area (Å²) in [6, 6.07) is 5.74. The second-order valence-corrected chi connectivity index (χ2v) is 6.96. The Bertz CT molecular complexity index is 638. The van der Waals surface area contributed by atoms with Crippen LogP contribution in [0.15, 0.2) is 29.0 Å². The van der Waals surface area contributed by atoms with E-state index in [-0.39, 0.29) is 5.91 Å². The van der Waals surface area contributed by atoms with E-state index in [1.54, 1.807) is 0 Å². The highest BCUT2D eigenvalue weighted by Gasteiger charge is 2.15. The average Bonchev–Trinajstić information content (AvgIpc) is 3.05. The van der Waals surface area contributed by atoms with Crippen molar-refractivity contribution in [3.63, 3.8) is 0 Å². The van der Waals surface area contributed by atoms with E-state index in [9.17, 15) is 4.79 Å². The normalized spacial score (nSPS) is 18.7. The smallest absolute Gasteiger partial charge is 0.251 e. The number of carbonyl (C=O) groups excluding carboxylic acids is 1. The molecule has 24 heavy (non-hydrogen) atoms. The van der Waals surface area contributed by atoms with Crippen molar-refractivity contribution in [1.29, 1.82) is 0 Å². The molecule has 130 valence electrons. The van der Waals surface area contributed by atoms with Crippen molar-refractivity contribution in [3.05, 3.63) is 30.2 Å². The number of hydrogen-bond donors (Lipinski definition) is 1. The summed E-state index contributed by atoms with van der Waals surface area (Å²) in [5.41, 5.74) is 2.13. The molecule has 3 rings (SSSR count). The Balaban J connectivity index is 1.59. The number of aromatic nitrogens is 1. The molecular formula is C20H28N2O2. The lowest BCUT2D eigenvalue weighted by Crippen LogP contribution is -2.34. The molecule has 1 heterocycles. The number of rotatable bonds is 2. The van der Waals surface area contributed by atoms with Crippen LogP contribution in [0.2, 0.25) is 0 Å². The van der Waals surface area contributed by atoms with Gasteiger partial charge in [0.25, 0.3) is 5.91 Å². The molecule has 1 aliphatic carbocycles. The standard InChI is InChI=1S/C20H28N2O2/c23-20(16-12-13-19-18(14-16)21-15-24-19)22-17-10-8-6-4-2-1-3-5-7-9-11-17/h12-15,17H,1-11H2,(H,22,23). The van der Waals surface area contributed by atoms with E-state index in [1.165, 1.54) is 64.2 Å². The third kappa shape index (κ3) is 4.83. The Morgan fingerprint density at radius 3 is 2.25 bits per heavy atom. The van der Waals surface area contributed by atoms with Crippen molar-refractivity contribution in [1.82, 2.24) is 10.3 Å². The summed E-state index contributed by atoms with van der Waals surface area (Å²) in [4.78, 5) is 16.7. The maximum atomic E-state index is 12.6. The molecule has 1 amide bonds. The number of benzene rings is 1. The predicted molar refractivity (Wildman–Crippen MR) is 96.1 cm³/mol. The fourth-order valence-electron chi connectivity index (χ4n) is 3.58. The second-order valence-electron chi connectivity index (χ2n) is 6.96. The SMILES string of the molecule is O=C(NC1CCCCCCCCCCC1)c1ccc2ocnc2c1. The Morgan fingerprint density at radius 1 is 0.958 bits per heavy atom. The molecule has 0 bridgehead atoms. The molecule has 4 nitrogen and oxygen atoms in total. The summed E-state index contributed by atoms with van der Waals surface area (Å²) in [5.74, 6) is 0.0111. The first-order valence-corrected chi connectivity index (χ1v) is 9.47. The van der Waals surface area contributed by atoms with Crippen LogP contribution in [-0.2, 0) is 0 Å². The fraction of sp³-hybridized carbons (Fsp3) is 0.600. The second kappa shape index (κ2) is 8.86. The summed E-state index contributed by atoms with van der Waals surface area (Å²) in [5, 5.41) is 3.25. The Labute approximate surface area is 144 Å². The molecule has 1 saturated carbocycles. The van der Waals surface area contributed by atoms with Crippen LogP contribution in [0.3, 0.4) is 0 Å². The minimum absolute atomic E-state index is 0.0111. The molecule has 1 fully saturated rings. The van der Waals surface area contributed by atoms with Gasteiger partial charge in [0, 0.05) is 11.6 Å². The summed E-state index contributed by atoms with van der Waals surface area (Å²) in [6.07, 6.45) is 15.4. The summed E-state index contributed by atoms with van der Waals surface area (Å²) < 4.78 is 5.24. The van der Waals surface area contributed by atoms with E-state index >= 15 is 0 Å². The van der Waals surface area contributed by atoms with Gasteiger partial charge < -0.3 is 9.73 Å². The molecule has 0 aliphatic heterocycles. The predicted octanol–water partition coefficient (Wildman–Crippen LogP) is 5.23. The largest absolute Gasteiger partial charge is 0.443 e. The molecule has 0 atom stereocenters. The van der Waals surface area contributed by atoms with Crippen molar-refractivity contribution < 1.29 is 9.21 Å². The Morgan fingerprint density at radius 2 is 1.58 bits per heavy atom.